The minimum atomic E-state index is -0.598. The molecule has 0 bridgehead atoms. The lowest BCUT2D eigenvalue weighted by Crippen LogP contribution is -2.42. The summed E-state index contributed by atoms with van der Waals surface area (Å²) in [4.78, 5) is 26.5. The first-order valence-electron chi connectivity index (χ1n) is 7.62. The molecule has 122 valence electrons. The first-order valence-corrected chi connectivity index (χ1v) is 8.50. The molecule has 0 aromatic carbocycles. The average molecular weight is 324 g/mol. The SMILES string of the molecule is CNCC1CCN(C(=O)CC(NC(N)=O)c2cccs2)CC1. The van der Waals surface area contributed by atoms with Crippen LogP contribution in [-0.4, -0.2) is 43.5 Å². The number of thiophene rings is 1. The summed E-state index contributed by atoms with van der Waals surface area (Å²) >= 11 is 1.52. The number of urea groups is 1. The molecule has 0 spiro atoms. The van der Waals surface area contributed by atoms with Crippen LogP contribution < -0.4 is 16.4 Å². The van der Waals surface area contributed by atoms with E-state index in [-0.39, 0.29) is 18.4 Å². The van der Waals surface area contributed by atoms with Crippen molar-refractivity contribution >= 4 is 23.3 Å². The van der Waals surface area contributed by atoms with Crippen LogP contribution in [0.15, 0.2) is 17.5 Å². The van der Waals surface area contributed by atoms with Crippen molar-refractivity contribution in [3.63, 3.8) is 0 Å². The molecule has 1 aliphatic heterocycles. The fraction of sp³-hybridized carbons (Fsp3) is 0.600. The van der Waals surface area contributed by atoms with E-state index in [0.29, 0.717) is 5.92 Å². The van der Waals surface area contributed by atoms with Gasteiger partial charge in [0, 0.05) is 18.0 Å². The third-order valence-electron chi connectivity index (χ3n) is 4.04. The summed E-state index contributed by atoms with van der Waals surface area (Å²) in [6.45, 7) is 2.58. The standard InChI is InChI=1S/C15H24N4O2S/c1-17-10-11-4-6-19(7-5-11)14(20)9-12(18-15(16)21)13-3-2-8-22-13/h2-3,8,11-12,17H,4-7,9-10H2,1H3,(H3,16,18,21). The highest BCUT2D eigenvalue weighted by Crippen LogP contribution is 2.24. The van der Waals surface area contributed by atoms with Gasteiger partial charge in [0.1, 0.15) is 0 Å². The number of carbonyl (C=O) groups is 2. The average Bonchev–Trinajstić information content (AvgIpc) is 3.01. The molecule has 1 aromatic heterocycles. The summed E-state index contributed by atoms with van der Waals surface area (Å²) in [7, 11) is 1.96. The molecule has 1 atom stereocenters. The predicted octanol–water partition coefficient (Wildman–Crippen LogP) is 1.31. The number of amides is 3. The molecular weight excluding hydrogens is 300 g/mol. The van der Waals surface area contributed by atoms with Crippen molar-refractivity contribution in [1.82, 2.24) is 15.5 Å². The number of likely N-dealkylation sites (tertiary alicyclic amines) is 1. The lowest BCUT2D eigenvalue weighted by atomic mass is 9.96. The second-order valence-electron chi connectivity index (χ2n) is 5.66. The van der Waals surface area contributed by atoms with Crippen LogP contribution >= 0.6 is 11.3 Å². The summed E-state index contributed by atoms with van der Waals surface area (Å²) in [5.41, 5.74) is 5.23. The Balaban J connectivity index is 1.90. The van der Waals surface area contributed by atoms with Gasteiger partial charge in [-0.2, -0.15) is 0 Å². The summed E-state index contributed by atoms with van der Waals surface area (Å²) in [6.07, 6.45) is 2.32. The van der Waals surface area contributed by atoms with E-state index in [0.717, 1.165) is 37.4 Å². The molecule has 2 heterocycles. The van der Waals surface area contributed by atoms with Crippen LogP contribution in [0.5, 0.6) is 0 Å². The Labute approximate surface area is 135 Å². The maximum atomic E-state index is 12.5. The molecule has 0 saturated carbocycles. The van der Waals surface area contributed by atoms with Crippen molar-refractivity contribution < 1.29 is 9.59 Å². The highest BCUT2D eigenvalue weighted by atomic mass is 32.1. The van der Waals surface area contributed by atoms with Gasteiger partial charge in [0.15, 0.2) is 0 Å². The zero-order valence-electron chi connectivity index (χ0n) is 12.9. The van der Waals surface area contributed by atoms with E-state index in [1.54, 1.807) is 0 Å². The molecule has 1 aliphatic rings. The number of nitrogens with zero attached hydrogens (tertiary/aromatic N) is 1. The van der Waals surface area contributed by atoms with E-state index in [2.05, 4.69) is 10.6 Å². The Hall–Kier alpha value is -1.60. The normalized spacial score (nSPS) is 17.2. The highest BCUT2D eigenvalue weighted by molar-refractivity contribution is 7.10. The zero-order valence-corrected chi connectivity index (χ0v) is 13.7. The number of hydrogen-bond donors (Lipinski definition) is 3. The third-order valence-corrected chi connectivity index (χ3v) is 5.03. The van der Waals surface area contributed by atoms with Gasteiger partial charge < -0.3 is 21.3 Å². The minimum absolute atomic E-state index is 0.0788. The Morgan fingerprint density at radius 1 is 1.45 bits per heavy atom. The largest absolute Gasteiger partial charge is 0.352 e. The van der Waals surface area contributed by atoms with Crippen LogP contribution in [0.1, 0.15) is 30.2 Å². The predicted molar refractivity (Wildman–Crippen MR) is 87.6 cm³/mol. The van der Waals surface area contributed by atoms with E-state index < -0.39 is 6.03 Å². The van der Waals surface area contributed by atoms with Gasteiger partial charge in [-0.15, -0.1) is 11.3 Å². The summed E-state index contributed by atoms with van der Waals surface area (Å²) in [6, 6.07) is 2.89. The first-order chi connectivity index (χ1) is 10.6. The number of rotatable bonds is 6. The Kier molecular flexibility index (Phi) is 6.21. The van der Waals surface area contributed by atoms with Crippen molar-refractivity contribution in [2.45, 2.75) is 25.3 Å². The van der Waals surface area contributed by atoms with Gasteiger partial charge in [0.2, 0.25) is 5.91 Å². The van der Waals surface area contributed by atoms with E-state index in [9.17, 15) is 9.59 Å². The lowest BCUT2D eigenvalue weighted by Gasteiger charge is -2.32. The van der Waals surface area contributed by atoms with Crippen LogP contribution in [0.2, 0.25) is 0 Å². The topological polar surface area (TPSA) is 87.5 Å². The monoisotopic (exact) mass is 324 g/mol. The van der Waals surface area contributed by atoms with Gasteiger partial charge >= 0.3 is 6.03 Å². The second-order valence-corrected chi connectivity index (χ2v) is 6.64. The van der Waals surface area contributed by atoms with Crippen molar-refractivity contribution in [2.75, 3.05) is 26.7 Å². The van der Waals surface area contributed by atoms with Crippen LogP contribution in [0.25, 0.3) is 0 Å². The van der Waals surface area contributed by atoms with Crippen LogP contribution in [0.4, 0.5) is 4.79 Å². The number of carbonyl (C=O) groups excluding carboxylic acids is 2. The van der Waals surface area contributed by atoms with Crippen LogP contribution in [0, 0.1) is 5.92 Å². The number of primary amides is 1. The fourth-order valence-corrected chi connectivity index (χ4v) is 3.64. The van der Waals surface area contributed by atoms with Gasteiger partial charge in [-0.05, 0) is 43.8 Å². The number of nitrogens with two attached hydrogens (primary N) is 1. The quantitative estimate of drug-likeness (QED) is 0.737. The summed E-state index contributed by atoms with van der Waals surface area (Å²) < 4.78 is 0. The molecule has 1 aromatic rings. The van der Waals surface area contributed by atoms with E-state index in [4.69, 9.17) is 5.73 Å². The fourth-order valence-electron chi connectivity index (χ4n) is 2.86. The zero-order chi connectivity index (χ0) is 15.9. The van der Waals surface area contributed by atoms with Crippen LogP contribution in [-0.2, 0) is 4.79 Å². The first kappa shape index (κ1) is 16.8. The van der Waals surface area contributed by atoms with Gasteiger partial charge in [-0.1, -0.05) is 6.07 Å². The van der Waals surface area contributed by atoms with Crippen molar-refractivity contribution in [3.8, 4) is 0 Å². The van der Waals surface area contributed by atoms with Gasteiger partial charge in [0.25, 0.3) is 0 Å². The molecule has 4 N–H and O–H groups in total. The maximum absolute atomic E-state index is 12.5. The highest BCUT2D eigenvalue weighted by Gasteiger charge is 2.25. The Bertz CT molecular complexity index is 484. The van der Waals surface area contributed by atoms with Crippen LogP contribution in [0.3, 0.4) is 0 Å². The molecule has 0 radical (unpaired) electrons. The Morgan fingerprint density at radius 3 is 2.73 bits per heavy atom. The van der Waals surface area contributed by atoms with Gasteiger partial charge in [0.05, 0.1) is 12.5 Å². The molecular formula is C15H24N4O2S. The lowest BCUT2D eigenvalue weighted by molar-refractivity contribution is -0.133. The minimum Gasteiger partial charge on any atom is -0.352 e. The summed E-state index contributed by atoms with van der Waals surface area (Å²) in [5.74, 6) is 0.723. The molecule has 22 heavy (non-hydrogen) atoms. The molecule has 1 unspecified atom stereocenters. The Morgan fingerprint density at radius 2 is 2.18 bits per heavy atom. The number of nitrogens with one attached hydrogen (secondary N) is 2. The molecule has 1 saturated heterocycles. The van der Waals surface area contributed by atoms with Crippen molar-refractivity contribution in [2.24, 2.45) is 11.7 Å². The second kappa shape index (κ2) is 8.14. The van der Waals surface area contributed by atoms with E-state index in [1.807, 2.05) is 29.5 Å². The van der Waals surface area contributed by atoms with E-state index in [1.165, 1.54) is 11.3 Å². The third kappa shape index (κ3) is 4.71. The molecule has 0 aliphatic carbocycles. The van der Waals surface area contributed by atoms with Gasteiger partial charge in [-0.25, -0.2) is 4.79 Å². The van der Waals surface area contributed by atoms with E-state index >= 15 is 0 Å². The van der Waals surface area contributed by atoms with Gasteiger partial charge in [-0.3, -0.25) is 4.79 Å². The number of piperidine rings is 1. The molecule has 6 nitrogen and oxygen atoms in total. The smallest absolute Gasteiger partial charge is 0.312 e. The molecule has 3 amide bonds. The van der Waals surface area contributed by atoms with Crippen molar-refractivity contribution in [3.05, 3.63) is 22.4 Å². The molecule has 7 heteroatoms. The molecule has 1 fully saturated rings. The number of hydrogen-bond acceptors (Lipinski definition) is 4. The summed E-state index contributed by atoms with van der Waals surface area (Å²) in [5, 5.41) is 7.79. The maximum Gasteiger partial charge on any atom is 0.312 e. The molecule has 2 rings (SSSR count). The van der Waals surface area contributed by atoms with Crippen molar-refractivity contribution in [1.29, 1.82) is 0 Å².